The van der Waals surface area contributed by atoms with Crippen LogP contribution in [-0.4, -0.2) is 20.2 Å². The van der Waals surface area contributed by atoms with Crippen molar-refractivity contribution < 1.29 is 19.0 Å². The number of nitriles is 1. The van der Waals surface area contributed by atoms with Gasteiger partial charge in [-0.3, -0.25) is 0 Å². The predicted octanol–water partition coefficient (Wildman–Crippen LogP) is 3.10. The molecule has 2 aromatic rings. The zero-order valence-electron chi connectivity index (χ0n) is 12.5. The molecule has 0 amide bonds. The van der Waals surface area contributed by atoms with E-state index in [1.54, 1.807) is 37.4 Å². The highest BCUT2D eigenvalue weighted by Crippen LogP contribution is 2.29. The van der Waals surface area contributed by atoms with Crippen molar-refractivity contribution in [2.45, 2.75) is 6.92 Å². The quantitative estimate of drug-likeness (QED) is 0.640. The fraction of sp³-hybridized carbons (Fsp3) is 0.176. The maximum Gasteiger partial charge on any atom is 0.347 e. The molecule has 0 aliphatic rings. The molecule has 0 atom stereocenters. The summed E-state index contributed by atoms with van der Waals surface area (Å²) in [5.41, 5.74) is 1.51. The smallest absolute Gasteiger partial charge is 0.347 e. The van der Waals surface area contributed by atoms with Crippen molar-refractivity contribution >= 4 is 5.97 Å². The van der Waals surface area contributed by atoms with Gasteiger partial charge >= 0.3 is 5.97 Å². The van der Waals surface area contributed by atoms with Gasteiger partial charge in [0.15, 0.2) is 0 Å². The SMILES string of the molecule is COc1cc(OC)c(C(=O)Oc2cccc(C#N)c2)cc1C. The van der Waals surface area contributed by atoms with Gasteiger partial charge in [-0.2, -0.15) is 5.26 Å². The predicted molar refractivity (Wildman–Crippen MR) is 80.4 cm³/mol. The van der Waals surface area contributed by atoms with Gasteiger partial charge < -0.3 is 14.2 Å². The van der Waals surface area contributed by atoms with Crippen LogP contribution in [-0.2, 0) is 0 Å². The van der Waals surface area contributed by atoms with E-state index in [1.807, 2.05) is 13.0 Å². The Bertz CT molecular complexity index is 747. The Morgan fingerprint density at radius 2 is 1.82 bits per heavy atom. The van der Waals surface area contributed by atoms with E-state index in [0.717, 1.165) is 5.56 Å². The normalized spacial score (nSPS) is 9.73. The molecule has 0 fully saturated rings. The lowest BCUT2D eigenvalue weighted by Gasteiger charge is -2.12. The fourth-order valence-electron chi connectivity index (χ4n) is 2.01. The highest BCUT2D eigenvalue weighted by Gasteiger charge is 2.17. The molecule has 112 valence electrons. The molecule has 0 spiro atoms. The molecule has 0 saturated heterocycles. The Labute approximate surface area is 128 Å². The van der Waals surface area contributed by atoms with Crippen molar-refractivity contribution in [2.24, 2.45) is 0 Å². The van der Waals surface area contributed by atoms with Crippen LogP contribution in [0, 0.1) is 18.3 Å². The molecule has 0 saturated carbocycles. The highest BCUT2D eigenvalue weighted by molar-refractivity contribution is 5.94. The number of carbonyl (C=O) groups excluding carboxylic acids is 1. The van der Waals surface area contributed by atoms with E-state index in [1.165, 1.54) is 13.2 Å². The number of rotatable bonds is 4. The molecule has 0 aliphatic heterocycles. The summed E-state index contributed by atoms with van der Waals surface area (Å²) in [6.45, 7) is 1.82. The molecule has 22 heavy (non-hydrogen) atoms. The summed E-state index contributed by atoms with van der Waals surface area (Å²) < 4.78 is 15.7. The van der Waals surface area contributed by atoms with Crippen molar-refractivity contribution in [2.75, 3.05) is 14.2 Å². The first kappa shape index (κ1) is 15.4. The zero-order valence-corrected chi connectivity index (χ0v) is 12.5. The maximum absolute atomic E-state index is 12.3. The number of aryl methyl sites for hydroxylation is 1. The molecule has 5 nitrogen and oxygen atoms in total. The molecular weight excluding hydrogens is 282 g/mol. The van der Waals surface area contributed by atoms with E-state index in [4.69, 9.17) is 19.5 Å². The second-order valence-corrected chi connectivity index (χ2v) is 4.55. The summed E-state index contributed by atoms with van der Waals surface area (Å²) in [6, 6.07) is 11.7. The Balaban J connectivity index is 2.33. The molecule has 2 rings (SSSR count). The molecule has 0 heterocycles. The average molecular weight is 297 g/mol. The first-order valence-corrected chi connectivity index (χ1v) is 6.54. The van der Waals surface area contributed by atoms with Crippen LogP contribution in [0.25, 0.3) is 0 Å². The largest absolute Gasteiger partial charge is 0.496 e. The van der Waals surface area contributed by atoms with Crippen molar-refractivity contribution in [3.8, 4) is 23.3 Å². The molecule has 0 bridgehead atoms. The van der Waals surface area contributed by atoms with Gasteiger partial charge in [-0.05, 0) is 36.8 Å². The summed E-state index contributed by atoms with van der Waals surface area (Å²) >= 11 is 0. The molecular formula is C17H15NO4. The lowest BCUT2D eigenvalue weighted by molar-refractivity contribution is 0.0731. The van der Waals surface area contributed by atoms with Crippen LogP contribution in [0.4, 0.5) is 0 Å². The third kappa shape index (κ3) is 3.18. The van der Waals surface area contributed by atoms with Gasteiger partial charge in [-0.15, -0.1) is 0 Å². The van der Waals surface area contributed by atoms with Crippen LogP contribution in [0.5, 0.6) is 17.2 Å². The van der Waals surface area contributed by atoms with Crippen molar-refractivity contribution in [3.05, 3.63) is 53.1 Å². The number of hydrogen-bond acceptors (Lipinski definition) is 5. The molecule has 0 aliphatic carbocycles. The first-order valence-electron chi connectivity index (χ1n) is 6.54. The van der Waals surface area contributed by atoms with E-state index in [0.29, 0.717) is 28.4 Å². The molecule has 0 N–H and O–H groups in total. The molecule has 0 aromatic heterocycles. The number of esters is 1. The fourth-order valence-corrected chi connectivity index (χ4v) is 2.01. The summed E-state index contributed by atoms with van der Waals surface area (Å²) in [6.07, 6.45) is 0. The van der Waals surface area contributed by atoms with Gasteiger partial charge in [0.05, 0.1) is 25.9 Å². The summed E-state index contributed by atoms with van der Waals surface area (Å²) in [5, 5.41) is 8.87. The minimum absolute atomic E-state index is 0.295. The minimum atomic E-state index is -0.558. The lowest BCUT2D eigenvalue weighted by Crippen LogP contribution is -2.11. The van der Waals surface area contributed by atoms with Crippen molar-refractivity contribution in [3.63, 3.8) is 0 Å². The summed E-state index contributed by atoms with van der Waals surface area (Å²) in [7, 11) is 3.02. The minimum Gasteiger partial charge on any atom is -0.496 e. The standard InChI is InChI=1S/C17H15NO4/c1-11-7-14(16(21-3)9-15(11)20-2)17(19)22-13-6-4-5-12(8-13)10-18/h4-9H,1-3H3. The second kappa shape index (κ2) is 6.64. The van der Waals surface area contributed by atoms with E-state index in [9.17, 15) is 4.79 Å². The van der Waals surface area contributed by atoms with Crippen LogP contribution in [0.3, 0.4) is 0 Å². The lowest BCUT2D eigenvalue weighted by atomic mass is 10.1. The van der Waals surface area contributed by atoms with Gasteiger partial charge in [0, 0.05) is 6.07 Å². The number of nitrogens with zero attached hydrogens (tertiary/aromatic N) is 1. The van der Waals surface area contributed by atoms with E-state index in [-0.39, 0.29) is 0 Å². The third-order valence-electron chi connectivity index (χ3n) is 3.11. The maximum atomic E-state index is 12.3. The van der Waals surface area contributed by atoms with Crippen molar-refractivity contribution in [1.82, 2.24) is 0 Å². The third-order valence-corrected chi connectivity index (χ3v) is 3.11. The zero-order chi connectivity index (χ0) is 16.1. The van der Waals surface area contributed by atoms with E-state index >= 15 is 0 Å². The summed E-state index contributed by atoms with van der Waals surface area (Å²) in [5.74, 6) is 0.737. The second-order valence-electron chi connectivity index (χ2n) is 4.55. The van der Waals surface area contributed by atoms with Crippen LogP contribution >= 0.6 is 0 Å². The van der Waals surface area contributed by atoms with Gasteiger partial charge in [-0.25, -0.2) is 4.79 Å². The number of ether oxygens (including phenoxy) is 3. The number of carbonyl (C=O) groups is 1. The number of benzene rings is 2. The molecule has 0 unspecified atom stereocenters. The van der Waals surface area contributed by atoms with Crippen molar-refractivity contribution in [1.29, 1.82) is 5.26 Å². The first-order chi connectivity index (χ1) is 10.6. The van der Waals surface area contributed by atoms with E-state index in [2.05, 4.69) is 0 Å². The molecule has 0 radical (unpaired) electrons. The van der Waals surface area contributed by atoms with Crippen LogP contribution in [0.1, 0.15) is 21.5 Å². The van der Waals surface area contributed by atoms with Gasteiger partial charge in [0.25, 0.3) is 0 Å². The average Bonchev–Trinajstić information content (AvgIpc) is 2.54. The van der Waals surface area contributed by atoms with Gasteiger partial charge in [0.2, 0.25) is 0 Å². The Kier molecular flexibility index (Phi) is 4.64. The van der Waals surface area contributed by atoms with Crippen LogP contribution in [0.15, 0.2) is 36.4 Å². The summed E-state index contributed by atoms with van der Waals surface area (Å²) in [4.78, 5) is 12.3. The number of hydrogen-bond donors (Lipinski definition) is 0. The van der Waals surface area contributed by atoms with Gasteiger partial charge in [-0.1, -0.05) is 6.07 Å². The topological polar surface area (TPSA) is 68.6 Å². The van der Waals surface area contributed by atoms with E-state index < -0.39 is 5.97 Å². The van der Waals surface area contributed by atoms with Crippen LogP contribution < -0.4 is 14.2 Å². The number of methoxy groups -OCH3 is 2. The Morgan fingerprint density at radius 3 is 2.45 bits per heavy atom. The molecule has 5 heteroatoms. The Hall–Kier alpha value is -3.00. The Morgan fingerprint density at radius 1 is 1.09 bits per heavy atom. The highest BCUT2D eigenvalue weighted by atomic mass is 16.5. The molecule has 2 aromatic carbocycles. The van der Waals surface area contributed by atoms with Gasteiger partial charge in [0.1, 0.15) is 22.8 Å². The van der Waals surface area contributed by atoms with Crippen LogP contribution in [0.2, 0.25) is 0 Å². The monoisotopic (exact) mass is 297 g/mol.